The fourth-order valence-electron chi connectivity index (χ4n) is 4.20. The van der Waals surface area contributed by atoms with Gasteiger partial charge in [0.25, 0.3) is 0 Å². The lowest BCUT2D eigenvalue weighted by Gasteiger charge is -2.23. The van der Waals surface area contributed by atoms with Crippen LogP contribution in [0.3, 0.4) is 0 Å². The summed E-state index contributed by atoms with van der Waals surface area (Å²) in [5.74, 6) is 0.575. The van der Waals surface area contributed by atoms with Crippen LogP contribution in [0.2, 0.25) is 0 Å². The largest absolute Gasteiger partial charge is 0.416 e. The second-order valence-electron chi connectivity index (χ2n) is 8.00. The maximum absolute atomic E-state index is 13.2. The molecule has 6 nitrogen and oxygen atoms in total. The van der Waals surface area contributed by atoms with Crippen molar-refractivity contribution in [3.05, 3.63) is 53.3 Å². The van der Waals surface area contributed by atoms with Crippen LogP contribution in [0.4, 0.5) is 19.1 Å². The van der Waals surface area contributed by atoms with Gasteiger partial charge in [0.1, 0.15) is 0 Å². The predicted molar refractivity (Wildman–Crippen MR) is 109 cm³/mol. The third-order valence-corrected chi connectivity index (χ3v) is 5.81. The van der Waals surface area contributed by atoms with E-state index in [0.29, 0.717) is 31.4 Å². The van der Waals surface area contributed by atoms with Crippen molar-refractivity contribution in [1.82, 2.24) is 15.3 Å². The Morgan fingerprint density at radius 3 is 2.71 bits per heavy atom. The third-order valence-electron chi connectivity index (χ3n) is 5.81. The summed E-state index contributed by atoms with van der Waals surface area (Å²) < 4.78 is 44.9. The summed E-state index contributed by atoms with van der Waals surface area (Å²) in [6.07, 6.45) is -0.455. The number of nitrogens with one attached hydrogen (secondary N) is 1. The molecule has 0 spiro atoms. The molecule has 2 saturated heterocycles. The van der Waals surface area contributed by atoms with Gasteiger partial charge in [-0.15, -0.1) is 0 Å². The minimum Gasteiger partial charge on any atom is -0.381 e. The van der Waals surface area contributed by atoms with Crippen LogP contribution in [-0.4, -0.2) is 48.2 Å². The molecule has 1 aromatic carbocycles. The maximum atomic E-state index is 13.2. The molecule has 2 aromatic rings. The molecule has 2 fully saturated rings. The molecule has 9 heteroatoms. The first-order chi connectivity index (χ1) is 14.9. The van der Waals surface area contributed by atoms with E-state index in [1.807, 2.05) is 11.0 Å². The average molecular weight is 434 g/mol. The summed E-state index contributed by atoms with van der Waals surface area (Å²) in [7, 11) is 0. The van der Waals surface area contributed by atoms with Crippen molar-refractivity contribution in [2.75, 3.05) is 31.2 Å². The van der Waals surface area contributed by atoms with Crippen molar-refractivity contribution < 1.29 is 22.7 Å². The Balaban J connectivity index is 1.35. The minimum absolute atomic E-state index is 0.0187. The second kappa shape index (κ2) is 9.21. The van der Waals surface area contributed by atoms with Crippen molar-refractivity contribution >= 4 is 11.9 Å². The topological polar surface area (TPSA) is 67.4 Å². The summed E-state index contributed by atoms with van der Waals surface area (Å²) in [5, 5.41) is 2.86. The van der Waals surface area contributed by atoms with Crippen LogP contribution in [0.25, 0.3) is 0 Å². The lowest BCUT2D eigenvalue weighted by atomic mass is 9.96. The zero-order valence-corrected chi connectivity index (χ0v) is 17.1. The van der Waals surface area contributed by atoms with Gasteiger partial charge >= 0.3 is 6.18 Å². The van der Waals surface area contributed by atoms with Gasteiger partial charge in [0, 0.05) is 50.2 Å². The maximum Gasteiger partial charge on any atom is 0.416 e. The number of hydrogen-bond acceptors (Lipinski definition) is 5. The molecule has 3 heterocycles. The molecule has 1 unspecified atom stereocenters. The molecular formula is C22H25F3N4O2. The Kier molecular flexibility index (Phi) is 6.41. The number of ether oxygens (including phenoxy) is 1. The molecule has 31 heavy (non-hydrogen) atoms. The summed E-state index contributed by atoms with van der Waals surface area (Å²) in [5.41, 5.74) is 0.218. The Bertz CT molecular complexity index is 916. The molecule has 2 aliphatic heterocycles. The molecule has 0 bridgehead atoms. The van der Waals surface area contributed by atoms with Crippen LogP contribution in [0, 0.1) is 0 Å². The fourth-order valence-corrected chi connectivity index (χ4v) is 4.20. The summed E-state index contributed by atoms with van der Waals surface area (Å²) in [6.45, 7) is 2.68. The molecule has 2 aliphatic rings. The lowest BCUT2D eigenvalue weighted by Crippen LogP contribution is -2.38. The van der Waals surface area contributed by atoms with E-state index in [4.69, 9.17) is 9.72 Å². The van der Waals surface area contributed by atoms with Crippen LogP contribution in [0.15, 0.2) is 36.5 Å². The standard InChI is InChI=1S/C22H25F3N4O2/c23-22(24,25)18-4-2-1-3-16(18)13-20(30)27-17-6-10-29(14-17)21-26-9-5-19(28-21)15-7-11-31-12-8-15/h1-5,9,15,17H,6-8,10-14H2,(H,27,30). The van der Waals surface area contributed by atoms with Gasteiger partial charge in [-0.2, -0.15) is 13.2 Å². The number of alkyl halides is 3. The highest BCUT2D eigenvalue weighted by Crippen LogP contribution is 2.32. The van der Waals surface area contributed by atoms with E-state index in [1.165, 1.54) is 18.2 Å². The molecule has 0 saturated carbocycles. The highest BCUT2D eigenvalue weighted by Gasteiger charge is 2.34. The number of carbonyl (C=O) groups excluding carboxylic acids is 1. The van der Waals surface area contributed by atoms with Gasteiger partial charge in [0.2, 0.25) is 11.9 Å². The van der Waals surface area contributed by atoms with E-state index in [0.717, 1.165) is 37.8 Å². The number of nitrogens with zero attached hydrogens (tertiary/aromatic N) is 3. The fraction of sp³-hybridized carbons (Fsp3) is 0.500. The van der Waals surface area contributed by atoms with Crippen molar-refractivity contribution in [3.8, 4) is 0 Å². The summed E-state index contributed by atoms with van der Waals surface area (Å²) >= 11 is 0. The zero-order chi connectivity index (χ0) is 21.8. The molecule has 166 valence electrons. The molecule has 1 aromatic heterocycles. The highest BCUT2D eigenvalue weighted by atomic mass is 19.4. The number of aromatic nitrogens is 2. The van der Waals surface area contributed by atoms with Gasteiger partial charge in [-0.1, -0.05) is 18.2 Å². The molecular weight excluding hydrogens is 409 g/mol. The van der Waals surface area contributed by atoms with Crippen LogP contribution in [0.1, 0.15) is 42.0 Å². The monoisotopic (exact) mass is 434 g/mol. The number of hydrogen-bond donors (Lipinski definition) is 1. The van der Waals surface area contributed by atoms with Crippen LogP contribution < -0.4 is 10.2 Å². The molecule has 1 N–H and O–H groups in total. The Morgan fingerprint density at radius 1 is 1.16 bits per heavy atom. The van der Waals surface area contributed by atoms with Gasteiger partial charge in [-0.3, -0.25) is 4.79 Å². The van der Waals surface area contributed by atoms with Crippen molar-refractivity contribution in [2.24, 2.45) is 0 Å². The van der Waals surface area contributed by atoms with Crippen LogP contribution in [-0.2, 0) is 22.1 Å². The first-order valence-corrected chi connectivity index (χ1v) is 10.5. The van der Waals surface area contributed by atoms with Crippen LogP contribution >= 0.6 is 0 Å². The van der Waals surface area contributed by atoms with Gasteiger partial charge in [-0.05, 0) is 37.0 Å². The molecule has 1 amide bonds. The average Bonchev–Trinajstić information content (AvgIpc) is 3.22. The zero-order valence-electron chi connectivity index (χ0n) is 17.1. The van der Waals surface area contributed by atoms with E-state index in [9.17, 15) is 18.0 Å². The van der Waals surface area contributed by atoms with Crippen molar-refractivity contribution in [2.45, 2.75) is 43.8 Å². The highest BCUT2D eigenvalue weighted by molar-refractivity contribution is 5.79. The smallest absolute Gasteiger partial charge is 0.381 e. The normalized spacial score (nSPS) is 20.1. The molecule has 0 aliphatic carbocycles. The number of rotatable bonds is 5. The van der Waals surface area contributed by atoms with Gasteiger partial charge in [0.15, 0.2) is 0 Å². The Hall–Kier alpha value is -2.68. The molecule has 1 atom stereocenters. The number of anilines is 1. The van der Waals surface area contributed by atoms with Crippen molar-refractivity contribution in [3.63, 3.8) is 0 Å². The molecule has 0 radical (unpaired) electrons. The lowest BCUT2D eigenvalue weighted by molar-refractivity contribution is -0.138. The predicted octanol–water partition coefficient (Wildman–Crippen LogP) is 3.33. The van der Waals surface area contributed by atoms with Crippen LogP contribution in [0.5, 0.6) is 0 Å². The number of benzene rings is 1. The van der Waals surface area contributed by atoms with E-state index in [-0.39, 0.29) is 18.0 Å². The Labute approximate surface area is 178 Å². The van der Waals surface area contributed by atoms with E-state index in [2.05, 4.69) is 10.3 Å². The van der Waals surface area contributed by atoms with Gasteiger partial charge < -0.3 is 15.0 Å². The second-order valence-corrected chi connectivity index (χ2v) is 8.00. The molecule has 4 rings (SSSR count). The quantitative estimate of drug-likeness (QED) is 0.782. The van der Waals surface area contributed by atoms with Gasteiger partial charge in [0.05, 0.1) is 12.0 Å². The first kappa shape index (κ1) is 21.5. The van der Waals surface area contributed by atoms with E-state index in [1.54, 1.807) is 6.20 Å². The minimum atomic E-state index is -4.48. The first-order valence-electron chi connectivity index (χ1n) is 10.5. The summed E-state index contributed by atoms with van der Waals surface area (Å²) in [4.78, 5) is 23.5. The number of amides is 1. The number of carbonyl (C=O) groups is 1. The Morgan fingerprint density at radius 2 is 1.94 bits per heavy atom. The van der Waals surface area contributed by atoms with Gasteiger partial charge in [-0.25, -0.2) is 9.97 Å². The summed E-state index contributed by atoms with van der Waals surface area (Å²) in [6, 6.07) is 6.97. The van der Waals surface area contributed by atoms with E-state index < -0.39 is 17.6 Å². The SMILES string of the molecule is O=C(Cc1ccccc1C(F)(F)F)NC1CCN(c2nccc(C3CCOCC3)n2)C1. The van der Waals surface area contributed by atoms with E-state index >= 15 is 0 Å². The van der Waals surface area contributed by atoms with Crippen molar-refractivity contribution in [1.29, 1.82) is 0 Å². The number of halogens is 3. The third kappa shape index (κ3) is 5.33.